The second-order valence-electron chi connectivity index (χ2n) is 8.13. The van der Waals surface area contributed by atoms with Crippen molar-refractivity contribution in [2.75, 3.05) is 29.9 Å². The lowest BCUT2D eigenvalue weighted by molar-refractivity contribution is -0.115. The Morgan fingerprint density at radius 3 is 2.62 bits per heavy atom. The normalized spacial score (nSPS) is 15.2. The largest absolute Gasteiger partial charge is 0.348 e. The number of hydrogen-bond donors (Lipinski definition) is 2. The highest BCUT2D eigenvalue weighted by molar-refractivity contribution is 7.89. The Morgan fingerprint density at radius 1 is 1.19 bits per heavy atom. The number of sulfonamides is 1. The van der Waals surface area contributed by atoms with Gasteiger partial charge in [-0.05, 0) is 61.6 Å². The van der Waals surface area contributed by atoms with Gasteiger partial charge >= 0.3 is 0 Å². The summed E-state index contributed by atoms with van der Waals surface area (Å²) in [6, 6.07) is 13.0. The van der Waals surface area contributed by atoms with Crippen molar-refractivity contribution in [1.82, 2.24) is 9.71 Å². The molecule has 0 bridgehead atoms. The number of carbonyl (C=O) groups excluding carboxylic acids is 1. The average Bonchev–Trinajstić information content (AvgIpc) is 3.22. The number of aryl methyl sites for hydroxylation is 1. The van der Waals surface area contributed by atoms with Crippen molar-refractivity contribution in [2.45, 2.75) is 38.0 Å². The highest BCUT2D eigenvalue weighted by atomic mass is 32.2. The monoisotopic (exact) mass is 472 g/mol. The summed E-state index contributed by atoms with van der Waals surface area (Å²) < 4.78 is 29.7. The molecule has 1 saturated heterocycles. The summed E-state index contributed by atoms with van der Waals surface area (Å²) in [6.07, 6.45) is 2.21. The number of thiazole rings is 1. The first-order valence-corrected chi connectivity index (χ1v) is 13.2. The maximum Gasteiger partial charge on any atom is 0.240 e. The third kappa shape index (κ3) is 5.11. The van der Waals surface area contributed by atoms with Gasteiger partial charge in [0, 0.05) is 31.7 Å². The van der Waals surface area contributed by atoms with Crippen LogP contribution in [0.1, 0.15) is 31.7 Å². The van der Waals surface area contributed by atoms with Crippen molar-refractivity contribution in [3.05, 3.63) is 48.0 Å². The first-order chi connectivity index (χ1) is 15.4. The molecule has 0 unspecified atom stereocenters. The summed E-state index contributed by atoms with van der Waals surface area (Å²) in [5, 5.41) is 3.80. The van der Waals surface area contributed by atoms with Gasteiger partial charge in [-0.15, -0.1) is 0 Å². The number of para-hydroxylation sites is 1. The summed E-state index contributed by atoms with van der Waals surface area (Å²) in [7, 11) is -3.61. The number of nitrogens with one attached hydrogen (secondary N) is 2. The molecule has 0 atom stereocenters. The van der Waals surface area contributed by atoms with Crippen LogP contribution < -0.4 is 14.9 Å². The molecule has 2 aromatic carbocycles. The molecule has 0 radical (unpaired) electrons. The van der Waals surface area contributed by atoms with E-state index in [1.807, 2.05) is 18.2 Å². The van der Waals surface area contributed by atoms with Crippen LogP contribution in [0.2, 0.25) is 0 Å². The van der Waals surface area contributed by atoms with Gasteiger partial charge in [0.15, 0.2) is 5.13 Å². The van der Waals surface area contributed by atoms with E-state index in [-0.39, 0.29) is 10.8 Å². The predicted octanol–water partition coefficient (Wildman–Crippen LogP) is 4.15. The minimum atomic E-state index is -3.61. The fraction of sp³-hybridized carbons (Fsp3) is 0.391. The number of benzene rings is 2. The lowest BCUT2D eigenvalue weighted by Crippen LogP contribution is -2.38. The molecule has 0 aliphatic carbocycles. The quantitative estimate of drug-likeness (QED) is 0.539. The van der Waals surface area contributed by atoms with Gasteiger partial charge in [0.05, 0.1) is 15.1 Å². The fourth-order valence-corrected chi connectivity index (χ4v) is 6.26. The van der Waals surface area contributed by atoms with E-state index < -0.39 is 10.0 Å². The summed E-state index contributed by atoms with van der Waals surface area (Å²) in [4.78, 5) is 18.8. The fourth-order valence-electron chi connectivity index (χ4n) is 3.91. The number of aromatic nitrogens is 1. The van der Waals surface area contributed by atoms with E-state index in [1.165, 1.54) is 4.70 Å². The third-order valence-electron chi connectivity index (χ3n) is 5.80. The number of piperidine rings is 1. The van der Waals surface area contributed by atoms with Gasteiger partial charge in [-0.2, -0.15) is 0 Å². The highest BCUT2D eigenvalue weighted by Crippen LogP contribution is 2.31. The summed E-state index contributed by atoms with van der Waals surface area (Å²) in [5.41, 5.74) is 2.24. The van der Waals surface area contributed by atoms with Crippen molar-refractivity contribution in [3.63, 3.8) is 0 Å². The maximum absolute atomic E-state index is 12.9. The van der Waals surface area contributed by atoms with Gasteiger partial charge < -0.3 is 10.2 Å². The Morgan fingerprint density at radius 2 is 1.94 bits per heavy atom. The number of nitrogens with zero attached hydrogens (tertiary/aromatic N) is 2. The summed E-state index contributed by atoms with van der Waals surface area (Å²) in [5.74, 6) is 0.189. The molecule has 1 amide bonds. The lowest BCUT2D eigenvalue weighted by Gasteiger charge is -2.31. The molecule has 3 aromatic rings. The van der Waals surface area contributed by atoms with Crippen LogP contribution >= 0.6 is 11.3 Å². The second-order valence-corrected chi connectivity index (χ2v) is 10.9. The van der Waals surface area contributed by atoms with Gasteiger partial charge in [-0.3, -0.25) is 4.79 Å². The van der Waals surface area contributed by atoms with Crippen LogP contribution in [0.25, 0.3) is 10.2 Å². The first-order valence-electron chi connectivity index (χ1n) is 10.9. The minimum Gasteiger partial charge on any atom is -0.348 e. The molecule has 1 fully saturated rings. The predicted molar refractivity (Wildman–Crippen MR) is 130 cm³/mol. The Balaban J connectivity index is 1.33. The molecular weight excluding hydrogens is 444 g/mol. The zero-order valence-corrected chi connectivity index (χ0v) is 19.9. The molecule has 7 nitrogen and oxygen atoms in total. The van der Waals surface area contributed by atoms with Crippen LogP contribution in [0.5, 0.6) is 0 Å². The summed E-state index contributed by atoms with van der Waals surface area (Å²) >= 11 is 1.70. The lowest BCUT2D eigenvalue weighted by atomic mass is 9.97. The molecule has 4 rings (SSSR count). The zero-order chi connectivity index (χ0) is 22.7. The molecule has 1 aliphatic heterocycles. The van der Waals surface area contributed by atoms with Crippen LogP contribution in [0, 0.1) is 12.8 Å². The van der Waals surface area contributed by atoms with Crippen LogP contribution in [0.3, 0.4) is 0 Å². The number of amides is 1. The standard InChI is InChI=1S/C23H28N4O3S2/c1-3-22(28)25-18-8-9-21(16(2)14-18)32(29,30)24-15-17-10-12-27(13-11-17)23-26-19-6-4-5-7-20(19)31-23/h4-9,14,17,24H,3,10-13,15H2,1-2H3,(H,25,28). The van der Waals surface area contributed by atoms with E-state index in [0.29, 0.717) is 30.1 Å². The molecule has 0 saturated carbocycles. The van der Waals surface area contributed by atoms with Crippen molar-refractivity contribution >= 4 is 48.3 Å². The molecule has 1 aromatic heterocycles. The van der Waals surface area contributed by atoms with Gasteiger partial charge in [0.2, 0.25) is 15.9 Å². The SMILES string of the molecule is CCC(=O)Nc1ccc(S(=O)(=O)NCC2CCN(c3nc4ccccc4s3)CC2)c(C)c1. The summed E-state index contributed by atoms with van der Waals surface area (Å²) in [6.45, 7) is 5.68. The van der Waals surface area contributed by atoms with E-state index in [4.69, 9.17) is 4.98 Å². The number of anilines is 2. The van der Waals surface area contributed by atoms with E-state index in [0.717, 1.165) is 36.6 Å². The van der Waals surface area contributed by atoms with Crippen molar-refractivity contribution < 1.29 is 13.2 Å². The van der Waals surface area contributed by atoms with E-state index in [2.05, 4.69) is 21.0 Å². The number of carbonyl (C=O) groups is 1. The Hall–Kier alpha value is -2.49. The Kier molecular flexibility index (Phi) is 6.78. The molecular formula is C23H28N4O3S2. The molecule has 0 spiro atoms. The van der Waals surface area contributed by atoms with Gasteiger partial charge in [-0.25, -0.2) is 18.1 Å². The minimum absolute atomic E-state index is 0.102. The number of fused-ring (bicyclic) bond motifs is 1. The Labute approximate surface area is 192 Å². The van der Waals surface area contributed by atoms with E-state index in [9.17, 15) is 13.2 Å². The van der Waals surface area contributed by atoms with Crippen LogP contribution in [0.15, 0.2) is 47.4 Å². The van der Waals surface area contributed by atoms with Gasteiger partial charge in [0.1, 0.15) is 0 Å². The molecule has 2 heterocycles. The van der Waals surface area contributed by atoms with Crippen molar-refractivity contribution in [1.29, 1.82) is 0 Å². The van der Waals surface area contributed by atoms with Gasteiger partial charge in [-0.1, -0.05) is 30.4 Å². The van der Waals surface area contributed by atoms with Crippen LogP contribution in [-0.4, -0.2) is 38.9 Å². The smallest absolute Gasteiger partial charge is 0.240 e. The molecule has 1 aliphatic rings. The molecule has 170 valence electrons. The topological polar surface area (TPSA) is 91.4 Å². The highest BCUT2D eigenvalue weighted by Gasteiger charge is 2.24. The van der Waals surface area contributed by atoms with Crippen LogP contribution in [0.4, 0.5) is 10.8 Å². The molecule has 9 heteroatoms. The van der Waals surface area contributed by atoms with Crippen LogP contribution in [-0.2, 0) is 14.8 Å². The molecule has 32 heavy (non-hydrogen) atoms. The Bertz CT molecular complexity index is 1180. The first kappa shape index (κ1) is 22.7. The average molecular weight is 473 g/mol. The third-order valence-corrected chi connectivity index (χ3v) is 8.48. The van der Waals surface area contributed by atoms with Crippen molar-refractivity contribution in [3.8, 4) is 0 Å². The number of rotatable bonds is 7. The second kappa shape index (κ2) is 9.56. The number of hydrogen-bond acceptors (Lipinski definition) is 6. The van der Waals surface area contributed by atoms with Crippen molar-refractivity contribution in [2.24, 2.45) is 5.92 Å². The van der Waals surface area contributed by atoms with Gasteiger partial charge in [0.25, 0.3) is 0 Å². The van der Waals surface area contributed by atoms with E-state index >= 15 is 0 Å². The van der Waals surface area contributed by atoms with E-state index in [1.54, 1.807) is 43.4 Å². The maximum atomic E-state index is 12.9. The zero-order valence-electron chi connectivity index (χ0n) is 18.3. The molecule has 2 N–H and O–H groups in total.